The second-order valence-electron chi connectivity index (χ2n) is 2.41. The van der Waals surface area contributed by atoms with Crippen LogP contribution in [0.2, 0.25) is 0 Å². The van der Waals surface area contributed by atoms with E-state index in [1.54, 1.807) is 5.01 Å². The number of hydrogen-bond donors (Lipinski definition) is 0. The second kappa shape index (κ2) is 5.44. The van der Waals surface area contributed by atoms with Crippen LogP contribution in [0, 0.1) is 0 Å². The summed E-state index contributed by atoms with van der Waals surface area (Å²) in [4.78, 5) is 0. The van der Waals surface area contributed by atoms with Crippen molar-refractivity contribution in [3.63, 3.8) is 0 Å². The molecule has 0 atom stereocenters. The van der Waals surface area contributed by atoms with Gasteiger partial charge in [0.25, 0.3) is 0 Å². The Morgan fingerprint density at radius 2 is 2.09 bits per heavy atom. The van der Waals surface area contributed by atoms with Crippen molar-refractivity contribution in [1.82, 2.24) is 5.01 Å². The first-order valence-corrected chi connectivity index (χ1v) is 4.12. The Kier molecular flexibility index (Phi) is 5.34. The third-order valence-electron chi connectivity index (χ3n) is 1.21. The van der Waals surface area contributed by atoms with Crippen LogP contribution in [0.4, 0.5) is 0 Å². The van der Waals surface area contributed by atoms with Crippen LogP contribution in [0.25, 0.3) is 0 Å². The van der Waals surface area contributed by atoms with Crippen LogP contribution in [-0.4, -0.2) is 24.3 Å². The van der Waals surface area contributed by atoms with E-state index >= 15 is 0 Å². The van der Waals surface area contributed by atoms with E-state index in [2.05, 4.69) is 5.10 Å². The summed E-state index contributed by atoms with van der Waals surface area (Å²) >= 11 is 10.9. The number of hydrogen-bond acceptors (Lipinski definition) is 2. The van der Waals surface area contributed by atoms with Gasteiger partial charge in [-0.1, -0.05) is 23.2 Å². The van der Waals surface area contributed by atoms with Gasteiger partial charge in [0.05, 0.1) is 11.2 Å². The van der Waals surface area contributed by atoms with Crippen LogP contribution < -0.4 is 0 Å². The number of rotatable bonds is 3. The summed E-state index contributed by atoms with van der Waals surface area (Å²) in [5, 5.41) is 6.24. The Bertz CT molecular complexity index is 164. The van der Waals surface area contributed by atoms with Crippen LogP contribution in [0.3, 0.4) is 0 Å². The molecule has 0 radical (unpaired) electrons. The molecule has 0 fully saturated rings. The lowest BCUT2D eigenvalue weighted by molar-refractivity contribution is 0.290. The van der Waals surface area contributed by atoms with Gasteiger partial charge in [-0.15, -0.1) is 0 Å². The number of halogens is 2. The standard InChI is InChI=1S/C7H12Cl2N2/c1-6(2)11(3)10-5-7(9)4-8/h4-6H,1-3H3/b7-4-,10-5-. The zero-order valence-electron chi connectivity index (χ0n) is 6.88. The van der Waals surface area contributed by atoms with Gasteiger partial charge >= 0.3 is 0 Å². The molecule has 0 amide bonds. The molecule has 0 bridgehead atoms. The van der Waals surface area contributed by atoms with Gasteiger partial charge in [0.2, 0.25) is 0 Å². The van der Waals surface area contributed by atoms with E-state index in [0.717, 1.165) is 0 Å². The molecule has 11 heavy (non-hydrogen) atoms. The largest absolute Gasteiger partial charge is 0.298 e. The van der Waals surface area contributed by atoms with E-state index in [1.807, 2.05) is 20.9 Å². The summed E-state index contributed by atoms with van der Waals surface area (Å²) in [6.07, 6.45) is 1.51. The Morgan fingerprint density at radius 3 is 2.45 bits per heavy atom. The van der Waals surface area contributed by atoms with E-state index in [4.69, 9.17) is 23.2 Å². The van der Waals surface area contributed by atoms with Crippen LogP contribution >= 0.6 is 23.2 Å². The highest BCUT2D eigenvalue weighted by atomic mass is 35.5. The molecular formula is C7H12Cl2N2. The zero-order chi connectivity index (χ0) is 8.85. The van der Waals surface area contributed by atoms with E-state index in [1.165, 1.54) is 11.7 Å². The molecule has 0 unspecified atom stereocenters. The fraction of sp³-hybridized carbons (Fsp3) is 0.571. The lowest BCUT2D eigenvalue weighted by Crippen LogP contribution is -2.20. The average molecular weight is 195 g/mol. The Morgan fingerprint density at radius 1 is 1.55 bits per heavy atom. The summed E-state index contributed by atoms with van der Waals surface area (Å²) in [5.74, 6) is 0. The maximum absolute atomic E-state index is 5.57. The molecular weight excluding hydrogens is 183 g/mol. The highest BCUT2D eigenvalue weighted by molar-refractivity contribution is 6.43. The fourth-order valence-electron chi connectivity index (χ4n) is 0.308. The van der Waals surface area contributed by atoms with E-state index < -0.39 is 0 Å². The van der Waals surface area contributed by atoms with Crippen molar-refractivity contribution >= 4 is 29.4 Å². The lowest BCUT2D eigenvalue weighted by Gasteiger charge is -2.16. The number of nitrogens with zero attached hydrogens (tertiary/aromatic N) is 2. The third-order valence-corrected chi connectivity index (χ3v) is 1.77. The van der Waals surface area contributed by atoms with Gasteiger partial charge in [0, 0.05) is 18.6 Å². The summed E-state index contributed by atoms with van der Waals surface area (Å²) in [7, 11) is 1.87. The van der Waals surface area contributed by atoms with Crippen molar-refractivity contribution in [2.45, 2.75) is 19.9 Å². The van der Waals surface area contributed by atoms with Crippen molar-refractivity contribution in [2.75, 3.05) is 7.05 Å². The second-order valence-corrected chi connectivity index (χ2v) is 3.06. The molecule has 4 heteroatoms. The quantitative estimate of drug-likeness (QED) is 0.499. The van der Waals surface area contributed by atoms with Crippen LogP contribution in [0.1, 0.15) is 13.8 Å². The molecule has 0 spiro atoms. The summed E-state index contributed by atoms with van der Waals surface area (Å²) in [6, 6.07) is 0.367. The molecule has 0 saturated carbocycles. The SMILES string of the molecule is CC(C)N(C)/N=C\C(Cl)=C\Cl. The normalized spacial score (nSPS) is 13.1. The van der Waals surface area contributed by atoms with Crippen LogP contribution in [0.5, 0.6) is 0 Å². The van der Waals surface area contributed by atoms with Gasteiger partial charge in [-0.25, -0.2) is 0 Å². The van der Waals surface area contributed by atoms with Gasteiger partial charge < -0.3 is 0 Å². The average Bonchev–Trinajstić information content (AvgIpc) is 1.99. The monoisotopic (exact) mass is 194 g/mol. The molecule has 0 heterocycles. The highest BCUT2D eigenvalue weighted by Crippen LogP contribution is 2.00. The maximum Gasteiger partial charge on any atom is 0.0719 e. The third kappa shape index (κ3) is 5.10. The molecule has 0 N–H and O–H groups in total. The molecule has 0 aromatic carbocycles. The fourth-order valence-corrected chi connectivity index (χ4v) is 0.408. The molecule has 0 rings (SSSR count). The Hall–Kier alpha value is -0.210. The van der Waals surface area contributed by atoms with Gasteiger partial charge in [0.1, 0.15) is 0 Å². The van der Waals surface area contributed by atoms with Crippen LogP contribution in [-0.2, 0) is 0 Å². The first-order chi connectivity index (χ1) is 5.07. The van der Waals surface area contributed by atoms with Gasteiger partial charge in [-0.2, -0.15) is 5.10 Å². The van der Waals surface area contributed by atoms with Crippen molar-refractivity contribution in [2.24, 2.45) is 5.10 Å². The molecule has 0 aromatic heterocycles. The van der Waals surface area contributed by atoms with E-state index in [-0.39, 0.29) is 0 Å². The zero-order valence-corrected chi connectivity index (χ0v) is 8.39. The van der Waals surface area contributed by atoms with Crippen molar-refractivity contribution in [3.05, 3.63) is 10.6 Å². The molecule has 0 aromatic rings. The molecule has 0 aliphatic heterocycles. The molecule has 0 aliphatic rings. The first-order valence-electron chi connectivity index (χ1n) is 3.30. The Balaban J connectivity index is 3.93. The van der Waals surface area contributed by atoms with Gasteiger partial charge in [-0.3, -0.25) is 5.01 Å². The predicted molar refractivity (Wildman–Crippen MR) is 51.2 cm³/mol. The minimum absolute atomic E-state index is 0.367. The van der Waals surface area contributed by atoms with Gasteiger partial charge in [0.15, 0.2) is 0 Å². The Labute approximate surface area is 77.5 Å². The summed E-state index contributed by atoms with van der Waals surface area (Å²) in [5.41, 5.74) is 1.28. The highest BCUT2D eigenvalue weighted by Gasteiger charge is 1.96. The molecule has 0 saturated heterocycles. The molecule has 0 aliphatic carbocycles. The predicted octanol–water partition coefficient (Wildman–Crippen LogP) is 2.63. The van der Waals surface area contributed by atoms with Crippen molar-refractivity contribution in [3.8, 4) is 0 Å². The van der Waals surface area contributed by atoms with Crippen molar-refractivity contribution < 1.29 is 0 Å². The topological polar surface area (TPSA) is 15.6 Å². The summed E-state index contributed by atoms with van der Waals surface area (Å²) < 4.78 is 0. The maximum atomic E-state index is 5.57. The summed E-state index contributed by atoms with van der Waals surface area (Å²) in [6.45, 7) is 4.07. The van der Waals surface area contributed by atoms with Crippen molar-refractivity contribution in [1.29, 1.82) is 0 Å². The minimum atomic E-state index is 0.367. The minimum Gasteiger partial charge on any atom is -0.298 e. The number of hydrazone groups is 1. The smallest absolute Gasteiger partial charge is 0.0719 e. The lowest BCUT2D eigenvalue weighted by atomic mass is 10.4. The first kappa shape index (κ1) is 10.8. The van der Waals surface area contributed by atoms with E-state index in [9.17, 15) is 0 Å². The van der Waals surface area contributed by atoms with Gasteiger partial charge in [-0.05, 0) is 13.8 Å². The molecule has 64 valence electrons. The van der Waals surface area contributed by atoms with Crippen LogP contribution in [0.15, 0.2) is 15.7 Å². The van der Waals surface area contributed by atoms with E-state index in [0.29, 0.717) is 11.1 Å². The number of allylic oxidation sites excluding steroid dienone is 1. The molecule has 2 nitrogen and oxygen atoms in total.